The zero-order valence-electron chi connectivity index (χ0n) is 13.4. The average Bonchev–Trinajstić information content (AvgIpc) is 3.23. The minimum absolute atomic E-state index is 0.0624. The van der Waals surface area contributed by atoms with E-state index in [1.807, 2.05) is 0 Å². The largest absolute Gasteiger partial charge is 0.379 e. The quantitative estimate of drug-likeness (QED) is 0.625. The van der Waals surface area contributed by atoms with Crippen LogP contribution in [0.25, 0.3) is 0 Å². The second-order valence-electron chi connectivity index (χ2n) is 7.28. The van der Waals surface area contributed by atoms with Gasteiger partial charge in [0.15, 0.2) is 0 Å². The first-order chi connectivity index (χ1) is 10.1. The lowest BCUT2D eigenvalue weighted by Crippen LogP contribution is -2.39. The predicted molar refractivity (Wildman–Crippen MR) is 85.9 cm³/mol. The van der Waals surface area contributed by atoms with Gasteiger partial charge in [-0.15, -0.1) is 0 Å². The first kappa shape index (κ1) is 15.0. The minimum Gasteiger partial charge on any atom is -0.379 e. The van der Waals surface area contributed by atoms with Crippen molar-refractivity contribution in [2.45, 2.75) is 57.1 Å². The smallest absolute Gasteiger partial charge is 0.0623 e. The molecule has 1 aromatic carbocycles. The molecule has 116 valence electrons. The van der Waals surface area contributed by atoms with Gasteiger partial charge < -0.3 is 4.74 Å². The first-order valence-corrected chi connectivity index (χ1v) is 8.16. The molecule has 1 aromatic rings. The van der Waals surface area contributed by atoms with Crippen LogP contribution in [0.2, 0.25) is 0 Å². The Labute approximate surface area is 128 Å². The van der Waals surface area contributed by atoms with E-state index in [1.165, 1.54) is 12.8 Å². The summed E-state index contributed by atoms with van der Waals surface area (Å²) in [7, 11) is 1.79. The van der Waals surface area contributed by atoms with E-state index in [4.69, 9.17) is 10.6 Å². The fourth-order valence-corrected chi connectivity index (χ4v) is 4.16. The highest BCUT2D eigenvalue weighted by molar-refractivity contribution is 5.40. The first-order valence-electron chi connectivity index (χ1n) is 8.16. The van der Waals surface area contributed by atoms with Gasteiger partial charge in [-0.2, -0.15) is 0 Å². The van der Waals surface area contributed by atoms with Crippen LogP contribution in [-0.4, -0.2) is 18.8 Å². The van der Waals surface area contributed by atoms with E-state index < -0.39 is 0 Å². The number of hydrogen-bond donors (Lipinski definition) is 2. The number of hydrazine groups is 1. The summed E-state index contributed by atoms with van der Waals surface area (Å²) in [6.07, 6.45) is 4.67. The Morgan fingerprint density at radius 2 is 2.14 bits per heavy atom. The maximum Gasteiger partial charge on any atom is 0.0623 e. The molecule has 0 spiro atoms. The molecule has 3 nitrogen and oxygen atoms in total. The van der Waals surface area contributed by atoms with Crippen LogP contribution >= 0.6 is 0 Å². The van der Waals surface area contributed by atoms with Gasteiger partial charge in [0.1, 0.15) is 0 Å². The molecule has 3 heteroatoms. The van der Waals surface area contributed by atoms with Crippen molar-refractivity contribution in [2.24, 2.45) is 17.7 Å². The van der Waals surface area contributed by atoms with E-state index in [2.05, 4.69) is 43.5 Å². The summed E-state index contributed by atoms with van der Waals surface area (Å²) in [6, 6.07) is 9.35. The van der Waals surface area contributed by atoms with Crippen molar-refractivity contribution < 1.29 is 4.74 Å². The molecular weight excluding hydrogens is 260 g/mol. The molecule has 2 aliphatic carbocycles. The van der Waals surface area contributed by atoms with Gasteiger partial charge in [0, 0.05) is 13.2 Å². The molecule has 0 aliphatic heterocycles. The number of methoxy groups -OCH3 is 1. The highest BCUT2D eigenvalue weighted by Gasteiger charge is 2.55. The normalized spacial score (nSPS) is 28.7. The van der Waals surface area contributed by atoms with Crippen LogP contribution in [0.3, 0.4) is 0 Å². The van der Waals surface area contributed by atoms with Crippen LogP contribution < -0.4 is 11.3 Å². The Balaban J connectivity index is 1.68. The lowest BCUT2D eigenvalue weighted by molar-refractivity contribution is 0.0110. The van der Waals surface area contributed by atoms with E-state index >= 15 is 0 Å². The molecule has 21 heavy (non-hydrogen) atoms. The summed E-state index contributed by atoms with van der Waals surface area (Å²) >= 11 is 0. The second-order valence-corrected chi connectivity index (χ2v) is 7.28. The molecule has 0 radical (unpaired) electrons. The highest BCUT2D eigenvalue weighted by atomic mass is 16.5. The summed E-state index contributed by atoms with van der Waals surface area (Å²) in [5.74, 6) is 8.12. The van der Waals surface area contributed by atoms with Crippen LogP contribution in [-0.2, 0) is 11.2 Å². The molecule has 0 amide bonds. The average molecular weight is 288 g/mol. The van der Waals surface area contributed by atoms with E-state index in [1.54, 1.807) is 18.2 Å². The molecular formula is C18H28N2O. The molecule has 0 saturated heterocycles. The Hall–Kier alpha value is -0.900. The SMILES string of the molecule is COC(C)(C)CCC(NN)C1C2CCc3ccccc3C21. The third-order valence-corrected chi connectivity index (χ3v) is 5.68. The Morgan fingerprint density at radius 3 is 2.86 bits per heavy atom. The van der Waals surface area contributed by atoms with Crippen LogP contribution in [0.5, 0.6) is 0 Å². The van der Waals surface area contributed by atoms with Crippen LogP contribution in [0.4, 0.5) is 0 Å². The minimum atomic E-state index is -0.0624. The standard InChI is InChI=1S/C18H28N2O/c1-18(2,21-3)11-10-15(20-19)17-14-9-8-12-6-4-5-7-13(12)16(14)17/h4-7,14-17,20H,8-11,19H2,1-3H3. The molecule has 3 N–H and O–H groups in total. The fourth-order valence-electron chi connectivity index (χ4n) is 4.16. The molecule has 1 saturated carbocycles. The number of nitrogens with one attached hydrogen (secondary N) is 1. The van der Waals surface area contributed by atoms with Gasteiger partial charge in [0.25, 0.3) is 0 Å². The molecule has 1 fully saturated rings. The molecule has 0 aromatic heterocycles. The number of ether oxygens (including phenoxy) is 1. The Morgan fingerprint density at radius 1 is 1.38 bits per heavy atom. The van der Waals surface area contributed by atoms with Gasteiger partial charge in [-0.1, -0.05) is 24.3 Å². The topological polar surface area (TPSA) is 47.3 Å². The summed E-state index contributed by atoms with van der Waals surface area (Å²) in [4.78, 5) is 0. The third-order valence-electron chi connectivity index (χ3n) is 5.68. The Bertz CT molecular complexity index is 500. The van der Waals surface area contributed by atoms with Gasteiger partial charge >= 0.3 is 0 Å². The van der Waals surface area contributed by atoms with E-state index in [9.17, 15) is 0 Å². The summed E-state index contributed by atoms with van der Waals surface area (Å²) in [5, 5.41) is 0. The summed E-state index contributed by atoms with van der Waals surface area (Å²) < 4.78 is 5.54. The molecule has 4 unspecified atom stereocenters. The van der Waals surface area contributed by atoms with Gasteiger partial charge in [-0.3, -0.25) is 11.3 Å². The second kappa shape index (κ2) is 5.71. The summed E-state index contributed by atoms with van der Waals surface area (Å²) in [6.45, 7) is 4.30. The zero-order valence-corrected chi connectivity index (χ0v) is 13.4. The van der Waals surface area contributed by atoms with Crippen molar-refractivity contribution in [3.05, 3.63) is 35.4 Å². The molecule has 2 aliphatic rings. The van der Waals surface area contributed by atoms with Crippen molar-refractivity contribution in [3.8, 4) is 0 Å². The number of hydrogen-bond acceptors (Lipinski definition) is 3. The van der Waals surface area contributed by atoms with Crippen LogP contribution in [0.1, 0.15) is 50.2 Å². The van der Waals surface area contributed by atoms with Crippen molar-refractivity contribution in [3.63, 3.8) is 0 Å². The monoisotopic (exact) mass is 288 g/mol. The lowest BCUT2D eigenvalue weighted by Gasteiger charge is -2.26. The number of rotatable bonds is 6. The number of fused-ring (bicyclic) bond motifs is 3. The predicted octanol–water partition coefficient (Wildman–Crippen LogP) is 3.00. The number of nitrogens with two attached hydrogens (primary N) is 1. The number of aryl methyl sites for hydroxylation is 1. The lowest BCUT2D eigenvalue weighted by atomic mass is 9.92. The van der Waals surface area contributed by atoms with Crippen molar-refractivity contribution in [2.75, 3.05) is 7.11 Å². The van der Waals surface area contributed by atoms with E-state index in [-0.39, 0.29) is 5.60 Å². The molecule has 0 bridgehead atoms. The van der Waals surface area contributed by atoms with Gasteiger partial charge in [-0.25, -0.2) is 0 Å². The van der Waals surface area contributed by atoms with E-state index in [0.29, 0.717) is 12.0 Å². The molecule has 4 atom stereocenters. The Kier molecular flexibility index (Phi) is 4.08. The maximum atomic E-state index is 5.87. The zero-order chi connectivity index (χ0) is 15.0. The molecule has 0 heterocycles. The van der Waals surface area contributed by atoms with Gasteiger partial charge in [0.2, 0.25) is 0 Å². The number of benzene rings is 1. The van der Waals surface area contributed by atoms with Crippen molar-refractivity contribution in [1.82, 2.24) is 5.43 Å². The van der Waals surface area contributed by atoms with Gasteiger partial charge in [-0.05, 0) is 68.4 Å². The van der Waals surface area contributed by atoms with E-state index in [0.717, 1.165) is 24.7 Å². The summed E-state index contributed by atoms with van der Waals surface area (Å²) in [5.41, 5.74) is 6.15. The third kappa shape index (κ3) is 2.87. The maximum absolute atomic E-state index is 5.87. The van der Waals surface area contributed by atoms with Crippen LogP contribution in [0.15, 0.2) is 24.3 Å². The van der Waals surface area contributed by atoms with Crippen molar-refractivity contribution in [1.29, 1.82) is 0 Å². The molecule has 3 rings (SSSR count). The van der Waals surface area contributed by atoms with Crippen molar-refractivity contribution >= 4 is 0 Å². The fraction of sp³-hybridized carbons (Fsp3) is 0.667. The van der Waals surface area contributed by atoms with Gasteiger partial charge in [0.05, 0.1) is 5.60 Å². The van der Waals surface area contributed by atoms with Crippen LogP contribution in [0, 0.1) is 11.8 Å². The highest BCUT2D eigenvalue weighted by Crippen LogP contribution is 2.61.